The molecule has 0 aromatic heterocycles. The van der Waals surface area contributed by atoms with Gasteiger partial charge in [0.15, 0.2) is 5.96 Å². The third-order valence-corrected chi connectivity index (χ3v) is 4.04. The number of ether oxygens (including phenoxy) is 1. The van der Waals surface area contributed by atoms with Crippen LogP contribution in [0.15, 0.2) is 29.3 Å². The number of guanidine groups is 1. The lowest BCUT2D eigenvalue weighted by atomic mass is 10.1. The first kappa shape index (κ1) is 24.0. The zero-order valence-electron chi connectivity index (χ0n) is 15.3. The number of likely N-dealkylation sites (tertiary alicyclic amines) is 1. The quantitative estimate of drug-likeness (QED) is 0.357. The minimum atomic E-state index is -4.31. The summed E-state index contributed by atoms with van der Waals surface area (Å²) >= 11 is 0. The second-order valence-electron chi connectivity index (χ2n) is 6.32. The topological polar surface area (TPSA) is 57.1 Å². The van der Waals surface area contributed by atoms with Crippen molar-refractivity contribution in [3.05, 3.63) is 35.4 Å². The largest absolute Gasteiger partial charge is 0.411 e. The van der Waals surface area contributed by atoms with Crippen LogP contribution in [0.25, 0.3) is 0 Å². The summed E-state index contributed by atoms with van der Waals surface area (Å²) in [5.41, 5.74) is 1.60. The molecule has 1 saturated heterocycles. The molecular weight excluding hydrogens is 474 g/mol. The van der Waals surface area contributed by atoms with E-state index in [1.807, 2.05) is 19.1 Å². The summed E-state index contributed by atoms with van der Waals surface area (Å²) < 4.78 is 41.2. The number of aliphatic hydroxyl groups is 1. The number of halogens is 4. The van der Waals surface area contributed by atoms with Gasteiger partial charge in [-0.3, -0.25) is 0 Å². The number of hydrogen-bond donors (Lipinski definition) is 2. The molecule has 0 amide bonds. The van der Waals surface area contributed by atoms with Gasteiger partial charge >= 0.3 is 6.18 Å². The van der Waals surface area contributed by atoms with Crippen LogP contribution in [0.3, 0.4) is 0 Å². The smallest absolute Gasteiger partial charge is 0.393 e. The normalized spacial score (nSPS) is 16.2. The monoisotopic (exact) mass is 501 g/mol. The third kappa shape index (κ3) is 9.11. The van der Waals surface area contributed by atoms with Crippen molar-refractivity contribution in [3.63, 3.8) is 0 Å². The number of nitrogens with zero attached hydrogens (tertiary/aromatic N) is 2. The van der Waals surface area contributed by atoms with Crippen molar-refractivity contribution >= 4 is 29.9 Å². The van der Waals surface area contributed by atoms with Crippen molar-refractivity contribution in [1.29, 1.82) is 0 Å². The second kappa shape index (κ2) is 11.7. The highest BCUT2D eigenvalue weighted by Crippen LogP contribution is 2.16. The molecular formula is C18H27F3IN3O2. The molecule has 154 valence electrons. The summed E-state index contributed by atoms with van der Waals surface area (Å²) in [7, 11) is 0. The van der Waals surface area contributed by atoms with Crippen LogP contribution in [0.4, 0.5) is 13.2 Å². The average molecular weight is 501 g/mol. The number of piperidine rings is 1. The molecule has 0 bridgehead atoms. The maximum atomic E-state index is 12.2. The number of hydrogen-bond acceptors (Lipinski definition) is 3. The van der Waals surface area contributed by atoms with Gasteiger partial charge in [-0.25, -0.2) is 4.99 Å². The lowest BCUT2D eigenvalue weighted by Gasteiger charge is -2.32. The van der Waals surface area contributed by atoms with Crippen molar-refractivity contribution in [2.45, 2.75) is 45.2 Å². The van der Waals surface area contributed by atoms with Gasteiger partial charge in [-0.15, -0.1) is 24.0 Å². The van der Waals surface area contributed by atoms with Gasteiger partial charge < -0.3 is 20.1 Å². The first-order chi connectivity index (χ1) is 12.4. The predicted octanol–water partition coefficient (Wildman–Crippen LogP) is 3.31. The highest BCUT2D eigenvalue weighted by atomic mass is 127. The van der Waals surface area contributed by atoms with Gasteiger partial charge in [0.1, 0.15) is 6.61 Å². The maximum Gasteiger partial charge on any atom is 0.411 e. The fourth-order valence-corrected chi connectivity index (χ4v) is 2.77. The molecule has 1 aromatic rings. The predicted molar refractivity (Wildman–Crippen MR) is 109 cm³/mol. The van der Waals surface area contributed by atoms with Gasteiger partial charge in [0.25, 0.3) is 0 Å². The van der Waals surface area contributed by atoms with Crippen LogP contribution < -0.4 is 5.32 Å². The SMILES string of the molecule is CCNC(=NCc1cccc(COCC(F)(F)F)c1)N1CCC(O)CC1.I. The van der Waals surface area contributed by atoms with Crippen molar-refractivity contribution < 1.29 is 23.0 Å². The highest BCUT2D eigenvalue weighted by molar-refractivity contribution is 14.0. The Morgan fingerprint density at radius 3 is 2.59 bits per heavy atom. The van der Waals surface area contributed by atoms with Crippen molar-refractivity contribution in [2.24, 2.45) is 4.99 Å². The maximum absolute atomic E-state index is 12.2. The average Bonchev–Trinajstić information content (AvgIpc) is 2.59. The molecule has 0 radical (unpaired) electrons. The standard InChI is InChI=1S/C18H26F3N3O2.HI/c1-2-22-17(24-8-6-16(25)7-9-24)23-11-14-4-3-5-15(10-14)12-26-13-18(19,20)21;/h3-5,10,16,25H,2,6-9,11-13H2,1H3,(H,22,23);1H. The van der Waals surface area contributed by atoms with Crippen LogP contribution in [0, 0.1) is 0 Å². The van der Waals surface area contributed by atoms with Crippen molar-refractivity contribution in [2.75, 3.05) is 26.2 Å². The molecule has 0 unspecified atom stereocenters. The van der Waals surface area contributed by atoms with Crippen LogP contribution in [0.2, 0.25) is 0 Å². The van der Waals surface area contributed by atoms with Crippen molar-refractivity contribution in [3.8, 4) is 0 Å². The Labute approximate surface area is 175 Å². The van der Waals surface area contributed by atoms with Gasteiger partial charge in [0.05, 0.1) is 19.3 Å². The van der Waals surface area contributed by atoms with E-state index in [0.29, 0.717) is 12.1 Å². The molecule has 2 rings (SSSR count). The van der Waals surface area contributed by atoms with Gasteiger partial charge in [-0.05, 0) is 30.9 Å². The number of aliphatic imine (C=N–C) groups is 1. The summed E-state index contributed by atoms with van der Waals surface area (Å²) in [6, 6.07) is 7.23. The minimum absolute atomic E-state index is 0. The minimum Gasteiger partial charge on any atom is -0.393 e. The Hall–Kier alpha value is -1.07. The molecule has 2 N–H and O–H groups in total. The van der Waals surface area contributed by atoms with E-state index in [-0.39, 0.29) is 36.7 Å². The fourth-order valence-electron chi connectivity index (χ4n) is 2.77. The van der Waals surface area contributed by atoms with Gasteiger partial charge in [-0.2, -0.15) is 13.2 Å². The zero-order chi connectivity index (χ0) is 19.0. The van der Waals surface area contributed by atoms with E-state index in [2.05, 4.69) is 15.2 Å². The van der Waals surface area contributed by atoms with E-state index in [4.69, 9.17) is 4.74 Å². The Morgan fingerprint density at radius 2 is 1.96 bits per heavy atom. The Balaban J connectivity index is 0.00000364. The molecule has 1 heterocycles. The molecule has 0 spiro atoms. The number of alkyl halides is 3. The molecule has 27 heavy (non-hydrogen) atoms. The molecule has 9 heteroatoms. The second-order valence-corrected chi connectivity index (χ2v) is 6.32. The molecule has 1 aliphatic rings. The molecule has 5 nitrogen and oxygen atoms in total. The summed E-state index contributed by atoms with van der Waals surface area (Å²) in [4.78, 5) is 6.74. The summed E-state index contributed by atoms with van der Waals surface area (Å²) in [6.45, 7) is 3.32. The summed E-state index contributed by atoms with van der Waals surface area (Å²) in [5, 5.41) is 12.9. The van der Waals surface area contributed by atoms with E-state index < -0.39 is 12.8 Å². The molecule has 0 atom stereocenters. The lowest BCUT2D eigenvalue weighted by molar-refractivity contribution is -0.176. The van der Waals surface area contributed by atoms with E-state index in [0.717, 1.165) is 44.0 Å². The van der Waals surface area contributed by atoms with Crippen LogP contribution in [-0.2, 0) is 17.9 Å². The van der Waals surface area contributed by atoms with E-state index in [1.54, 1.807) is 12.1 Å². The fraction of sp³-hybridized carbons (Fsp3) is 0.611. The van der Waals surface area contributed by atoms with Crippen LogP contribution in [-0.4, -0.2) is 54.5 Å². The first-order valence-corrected chi connectivity index (χ1v) is 8.81. The van der Waals surface area contributed by atoms with Gasteiger partial charge in [0.2, 0.25) is 0 Å². The molecule has 0 aliphatic carbocycles. The first-order valence-electron chi connectivity index (χ1n) is 8.81. The molecule has 1 fully saturated rings. The van der Waals surface area contributed by atoms with Crippen LogP contribution >= 0.6 is 24.0 Å². The molecule has 0 saturated carbocycles. The Kier molecular flexibility index (Phi) is 10.4. The number of aliphatic hydroxyl groups excluding tert-OH is 1. The van der Waals surface area contributed by atoms with Crippen LogP contribution in [0.1, 0.15) is 30.9 Å². The number of benzene rings is 1. The van der Waals surface area contributed by atoms with E-state index >= 15 is 0 Å². The zero-order valence-corrected chi connectivity index (χ0v) is 17.7. The van der Waals surface area contributed by atoms with E-state index in [9.17, 15) is 18.3 Å². The molecule has 1 aromatic carbocycles. The van der Waals surface area contributed by atoms with Crippen molar-refractivity contribution in [1.82, 2.24) is 10.2 Å². The van der Waals surface area contributed by atoms with E-state index in [1.165, 1.54) is 0 Å². The highest BCUT2D eigenvalue weighted by Gasteiger charge is 2.27. The molecule has 1 aliphatic heterocycles. The number of nitrogens with one attached hydrogen (secondary N) is 1. The Bertz CT molecular complexity index is 591. The third-order valence-electron chi connectivity index (χ3n) is 4.04. The van der Waals surface area contributed by atoms with Crippen LogP contribution in [0.5, 0.6) is 0 Å². The lowest BCUT2D eigenvalue weighted by Crippen LogP contribution is -2.46. The summed E-state index contributed by atoms with van der Waals surface area (Å²) in [6.07, 6.45) is -3.13. The van der Waals surface area contributed by atoms with Gasteiger partial charge in [0, 0.05) is 19.6 Å². The van der Waals surface area contributed by atoms with Gasteiger partial charge in [-0.1, -0.05) is 24.3 Å². The Morgan fingerprint density at radius 1 is 1.30 bits per heavy atom. The number of rotatable bonds is 6. The summed E-state index contributed by atoms with van der Waals surface area (Å²) in [5.74, 6) is 0.790.